The SMILES string of the molecule is CCCCN(CCCC)OCc1ccccc1. The van der Waals surface area contributed by atoms with Crippen LogP contribution >= 0.6 is 0 Å². The summed E-state index contributed by atoms with van der Waals surface area (Å²) in [5.41, 5.74) is 1.24. The average Bonchev–Trinajstić information content (AvgIpc) is 2.39. The average molecular weight is 235 g/mol. The van der Waals surface area contributed by atoms with Crippen LogP contribution in [-0.2, 0) is 11.4 Å². The lowest BCUT2D eigenvalue weighted by Crippen LogP contribution is -2.26. The Kier molecular flexibility index (Phi) is 7.69. The minimum Gasteiger partial charge on any atom is -0.294 e. The number of nitrogens with zero attached hydrogens (tertiary/aromatic N) is 1. The van der Waals surface area contributed by atoms with Gasteiger partial charge in [-0.15, -0.1) is 0 Å². The number of rotatable bonds is 9. The highest BCUT2D eigenvalue weighted by atomic mass is 16.7. The molecule has 0 amide bonds. The number of hydroxylamine groups is 2. The van der Waals surface area contributed by atoms with E-state index in [0.29, 0.717) is 6.61 Å². The number of benzene rings is 1. The van der Waals surface area contributed by atoms with Gasteiger partial charge >= 0.3 is 0 Å². The molecule has 96 valence electrons. The van der Waals surface area contributed by atoms with Crippen LogP contribution in [0.3, 0.4) is 0 Å². The third-order valence-electron chi connectivity index (χ3n) is 2.78. The van der Waals surface area contributed by atoms with Gasteiger partial charge in [0, 0.05) is 13.1 Å². The summed E-state index contributed by atoms with van der Waals surface area (Å²) >= 11 is 0. The van der Waals surface area contributed by atoms with Crippen molar-refractivity contribution in [1.29, 1.82) is 0 Å². The smallest absolute Gasteiger partial charge is 0.0935 e. The summed E-state index contributed by atoms with van der Waals surface area (Å²) in [6.45, 7) is 7.21. The normalized spacial score (nSPS) is 11.0. The third kappa shape index (κ3) is 6.44. The number of hydrogen-bond donors (Lipinski definition) is 0. The molecule has 0 bridgehead atoms. The molecule has 0 atom stereocenters. The summed E-state index contributed by atoms with van der Waals surface area (Å²) in [5.74, 6) is 0. The van der Waals surface area contributed by atoms with Gasteiger partial charge in [0.15, 0.2) is 0 Å². The molecule has 0 saturated carbocycles. The van der Waals surface area contributed by atoms with Crippen molar-refractivity contribution in [2.75, 3.05) is 13.1 Å². The van der Waals surface area contributed by atoms with E-state index in [1.54, 1.807) is 0 Å². The van der Waals surface area contributed by atoms with Gasteiger partial charge in [-0.1, -0.05) is 57.0 Å². The van der Waals surface area contributed by atoms with Gasteiger partial charge in [-0.25, -0.2) is 0 Å². The lowest BCUT2D eigenvalue weighted by Gasteiger charge is -2.21. The summed E-state index contributed by atoms with van der Waals surface area (Å²) in [7, 11) is 0. The van der Waals surface area contributed by atoms with Crippen molar-refractivity contribution in [3.63, 3.8) is 0 Å². The Labute approximate surface area is 106 Å². The molecule has 1 aromatic carbocycles. The third-order valence-corrected chi connectivity index (χ3v) is 2.78. The fraction of sp³-hybridized carbons (Fsp3) is 0.600. The summed E-state index contributed by atoms with van der Waals surface area (Å²) in [6, 6.07) is 10.4. The molecule has 0 aliphatic rings. The number of hydrogen-bond acceptors (Lipinski definition) is 2. The Bertz CT molecular complexity index is 266. The van der Waals surface area contributed by atoms with E-state index < -0.39 is 0 Å². The topological polar surface area (TPSA) is 12.5 Å². The summed E-state index contributed by atoms with van der Waals surface area (Å²) in [6.07, 6.45) is 4.85. The van der Waals surface area contributed by atoms with Crippen LogP contribution in [0.5, 0.6) is 0 Å². The van der Waals surface area contributed by atoms with E-state index in [2.05, 4.69) is 43.2 Å². The Balaban J connectivity index is 2.31. The summed E-state index contributed by atoms with van der Waals surface area (Å²) in [5, 5.41) is 2.12. The van der Waals surface area contributed by atoms with Crippen LogP contribution in [0.1, 0.15) is 45.1 Å². The highest BCUT2D eigenvalue weighted by molar-refractivity contribution is 5.13. The molecule has 0 heterocycles. The molecule has 1 rings (SSSR count). The predicted octanol–water partition coefficient (Wildman–Crippen LogP) is 4.02. The second kappa shape index (κ2) is 9.20. The zero-order valence-electron chi connectivity index (χ0n) is 11.2. The van der Waals surface area contributed by atoms with Crippen LogP contribution < -0.4 is 0 Å². The van der Waals surface area contributed by atoms with Crippen LogP contribution in [0.4, 0.5) is 0 Å². The molecular weight excluding hydrogens is 210 g/mol. The van der Waals surface area contributed by atoms with Crippen LogP contribution in [0, 0.1) is 0 Å². The largest absolute Gasteiger partial charge is 0.294 e. The highest BCUT2D eigenvalue weighted by Gasteiger charge is 2.04. The molecule has 2 heteroatoms. The molecule has 17 heavy (non-hydrogen) atoms. The second-order valence-corrected chi connectivity index (χ2v) is 4.40. The Hall–Kier alpha value is -0.860. The fourth-order valence-electron chi connectivity index (χ4n) is 1.65. The van der Waals surface area contributed by atoms with Gasteiger partial charge < -0.3 is 0 Å². The molecule has 2 nitrogen and oxygen atoms in total. The van der Waals surface area contributed by atoms with Gasteiger partial charge in [-0.3, -0.25) is 4.84 Å². The van der Waals surface area contributed by atoms with Gasteiger partial charge in [-0.05, 0) is 18.4 Å². The van der Waals surface area contributed by atoms with E-state index in [9.17, 15) is 0 Å². The minimum atomic E-state index is 0.689. The molecule has 0 unspecified atom stereocenters. The van der Waals surface area contributed by atoms with Crippen LogP contribution in [-0.4, -0.2) is 18.2 Å². The van der Waals surface area contributed by atoms with Crippen LogP contribution in [0.2, 0.25) is 0 Å². The van der Waals surface area contributed by atoms with Crippen LogP contribution in [0.25, 0.3) is 0 Å². The summed E-state index contributed by atoms with van der Waals surface area (Å²) < 4.78 is 0. The quantitative estimate of drug-likeness (QED) is 0.599. The van der Waals surface area contributed by atoms with E-state index >= 15 is 0 Å². The van der Waals surface area contributed by atoms with Crippen molar-refractivity contribution in [3.05, 3.63) is 35.9 Å². The number of unbranched alkanes of at least 4 members (excludes halogenated alkanes) is 2. The van der Waals surface area contributed by atoms with E-state index in [-0.39, 0.29) is 0 Å². The maximum absolute atomic E-state index is 5.87. The first-order valence-electron chi connectivity index (χ1n) is 6.78. The lowest BCUT2D eigenvalue weighted by atomic mass is 10.2. The summed E-state index contributed by atoms with van der Waals surface area (Å²) in [4.78, 5) is 5.87. The monoisotopic (exact) mass is 235 g/mol. The molecule has 0 aromatic heterocycles. The second-order valence-electron chi connectivity index (χ2n) is 4.40. The lowest BCUT2D eigenvalue weighted by molar-refractivity contribution is -0.170. The molecule has 0 spiro atoms. The van der Waals surface area contributed by atoms with E-state index in [1.165, 1.54) is 31.2 Å². The fourth-order valence-corrected chi connectivity index (χ4v) is 1.65. The van der Waals surface area contributed by atoms with Gasteiger partial charge in [0.25, 0.3) is 0 Å². The van der Waals surface area contributed by atoms with E-state index in [4.69, 9.17) is 4.84 Å². The van der Waals surface area contributed by atoms with E-state index in [0.717, 1.165) is 13.1 Å². The maximum Gasteiger partial charge on any atom is 0.0935 e. The zero-order valence-corrected chi connectivity index (χ0v) is 11.2. The molecule has 1 aromatic rings. The molecule has 0 aliphatic carbocycles. The van der Waals surface area contributed by atoms with Crippen molar-refractivity contribution in [1.82, 2.24) is 5.06 Å². The Morgan fingerprint density at radius 2 is 1.53 bits per heavy atom. The van der Waals surface area contributed by atoms with Crippen molar-refractivity contribution in [2.24, 2.45) is 0 Å². The van der Waals surface area contributed by atoms with Crippen molar-refractivity contribution in [2.45, 2.75) is 46.1 Å². The first-order chi connectivity index (χ1) is 8.36. The van der Waals surface area contributed by atoms with Crippen molar-refractivity contribution < 1.29 is 4.84 Å². The van der Waals surface area contributed by atoms with Crippen molar-refractivity contribution >= 4 is 0 Å². The zero-order chi connectivity index (χ0) is 12.3. The first kappa shape index (κ1) is 14.2. The molecule has 0 N–H and O–H groups in total. The van der Waals surface area contributed by atoms with E-state index in [1.807, 2.05) is 6.07 Å². The standard InChI is InChI=1S/C15H25NO/c1-3-5-12-16(13-6-4-2)17-14-15-10-8-7-9-11-15/h7-11H,3-6,12-14H2,1-2H3. The van der Waals surface area contributed by atoms with Crippen LogP contribution in [0.15, 0.2) is 30.3 Å². The molecule has 0 radical (unpaired) electrons. The Morgan fingerprint density at radius 3 is 2.06 bits per heavy atom. The van der Waals surface area contributed by atoms with Gasteiger partial charge in [0.2, 0.25) is 0 Å². The predicted molar refractivity (Wildman–Crippen MR) is 72.6 cm³/mol. The first-order valence-corrected chi connectivity index (χ1v) is 6.78. The highest BCUT2D eigenvalue weighted by Crippen LogP contribution is 2.05. The molecule has 0 fully saturated rings. The van der Waals surface area contributed by atoms with Crippen molar-refractivity contribution in [3.8, 4) is 0 Å². The maximum atomic E-state index is 5.87. The molecule has 0 aliphatic heterocycles. The Morgan fingerprint density at radius 1 is 0.941 bits per heavy atom. The van der Waals surface area contributed by atoms with Gasteiger partial charge in [0.1, 0.15) is 0 Å². The molecular formula is C15H25NO. The molecule has 0 saturated heterocycles. The minimum absolute atomic E-state index is 0.689. The van der Waals surface area contributed by atoms with Gasteiger partial charge in [-0.2, -0.15) is 5.06 Å². The van der Waals surface area contributed by atoms with Gasteiger partial charge in [0.05, 0.1) is 6.61 Å².